The van der Waals surface area contributed by atoms with Gasteiger partial charge in [0, 0.05) is 6.42 Å². The molecule has 2 nitrogen and oxygen atoms in total. The van der Waals surface area contributed by atoms with Crippen LogP contribution in [0.15, 0.2) is 18.2 Å². The summed E-state index contributed by atoms with van der Waals surface area (Å²) in [6.07, 6.45) is 5.33. The number of hydrogen-bond acceptors (Lipinski definition) is 2. The molecule has 1 aromatic rings. The van der Waals surface area contributed by atoms with Crippen LogP contribution in [0.2, 0.25) is 0 Å². The van der Waals surface area contributed by atoms with Crippen molar-refractivity contribution in [3.8, 4) is 5.75 Å². The van der Waals surface area contributed by atoms with E-state index in [1.807, 2.05) is 6.07 Å². The third kappa shape index (κ3) is 4.23. The molecule has 0 heterocycles. The summed E-state index contributed by atoms with van der Waals surface area (Å²) in [5.41, 5.74) is 2.36. The van der Waals surface area contributed by atoms with Gasteiger partial charge < -0.3 is 9.84 Å². The first-order chi connectivity index (χ1) is 10.0. The number of methoxy groups -OCH3 is 1. The van der Waals surface area contributed by atoms with E-state index in [1.165, 1.54) is 18.4 Å². The van der Waals surface area contributed by atoms with E-state index < -0.39 is 0 Å². The number of aliphatic hydroxyl groups excluding tert-OH is 1. The van der Waals surface area contributed by atoms with Crippen molar-refractivity contribution in [3.05, 3.63) is 29.3 Å². The van der Waals surface area contributed by atoms with Crippen molar-refractivity contribution in [1.29, 1.82) is 0 Å². The molecule has 2 rings (SSSR count). The van der Waals surface area contributed by atoms with E-state index in [0.29, 0.717) is 12.3 Å². The molecule has 1 unspecified atom stereocenters. The number of ether oxygens (including phenoxy) is 1. The summed E-state index contributed by atoms with van der Waals surface area (Å²) >= 11 is 0. The fraction of sp³-hybridized carbons (Fsp3) is 0.684. The van der Waals surface area contributed by atoms with Gasteiger partial charge >= 0.3 is 0 Å². The Bertz CT molecular complexity index is 445. The predicted octanol–water partition coefficient (Wildman–Crippen LogP) is 4.37. The van der Waals surface area contributed by atoms with Crippen LogP contribution in [-0.4, -0.2) is 18.3 Å². The van der Waals surface area contributed by atoms with E-state index in [4.69, 9.17) is 4.74 Å². The molecule has 0 amide bonds. The Morgan fingerprint density at radius 2 is 1.76 bits per heavy atom. The van der Waals surface area contributed by atoms with E-state index in [-0.39, 0.29) is 6.10 Å². The minimum atomic E-state index is -0.242. The summed E-state index contributed by atoms with van der Waals surface area (Å²) in [4.78, 5) is 0. The molecular formula is C19H30O2. The van der Waals surface area contributed by atoms with Gasteiger partial charge in [-0.2, -0.15) is 0 Å². The number of aliphatic hydroxyl groups is 1. The molecule has 0 bridgehead atoms. The Balaban J connectivity index is 1.96. The largest absolute Gasteiger partial charge is 0.496 e. The first-order valence-corrected chi connectivity index (χ1v) is 8.32. The SMILES string of the molecule is COc1ccc(C)cc1CC(O)C1CCC(C(C)C)CC1. The lowest BCUT2D eigenvalue weighted by Gasteiger charge is -2.33. The van der Waals surface area contributed by atoms with E-state index >= 15 is 0 Å². The Morgan fingerprint density at radius 3 is 2.33 bits per heavy atom. The lowest BCUT2D eigenvalue weighted by Crippen LogP contribution is -2.29. The van der Waals surface area contributed by atoms with Gasteiger partial charge in [-0.15, -0.1) is 0 Å². The zero-order chi connectivity index (χ0) is 15.4. The third-order valence-corrected chi connectivity index (χ3v) is 5.17. The quantitative estimate of drug-likeness (QED) is 0.872. The summed E-state index contributed by atoms with van der Waals surface area (Å²) in [5, 5.41) is 10.6. The number of rotatable bonds is 5. The zero-order valence-electron chi connectivity index (χ0n) is 13.9. The summed E-state index contributed by atoms with van der Waals surface area (Å²) < 4.78 is 5.43. The second-order valence-corrected chi connectivity index (χ2v) is 7.01. The number of aryl methyl sites for hydroxylation is 1. The molecule has 0 saturated heterocycles. The van der Waals surface area contributed by atoms with Crippen LogP contribution in [0, 0.1) is 24.7 Å². The van der Waals surface area contributed by atoms with Gasteiger partial charge in [0.15, 0.2) is 0 Å². The molecule has 1 aromatic carbocycles. The van der Waals surface area contributed by atoms with Crippen molar-refractivity contribution in [3.63, 3.8) is 0 Å². The van der Waals surface area contributed by atoms with Crippen LogP contribution in [0.25, 0.3) is 0 Å². The zero-order valence-corrected chi connectivity index (χ0v) is 13.9. The summed E-state index contributed by atoms with van der Waals surface area (Å²) in [6.45, 7) is 6.72. The molecule has 1 saturated carbocycles. The fourth-order valence-corrected chi connectivity index (χ4v) is 3.66. The lowest BCUT2D eigenvalue weighted by atomic mass is 9.74. The minimum Gasteiger partial charge on any atom is -0.496 e. The molecule has 118 valence electrons. The molecular weight excluding hydrogens is 260 g/mol. The molecule has 0 radical (unpaired) electrons. The standard InChI is InChI=1S/C19H30O2/c1-13(2)15-6-8-16(9-7-15)18(20)12-17-11-14(3)5-10-19(17)21-4/h5,10-11,13,15-16,18,20H,6-9,12H2,1-4H3. The average molecular weight is 290 g/mol. The maximum absolute atomic E-state index is 10.6. The maximum Gasteiger partial charge on any atom is 0.122 e. The molecule has 2 heteroatoms. The van der Waals surface area contributed by atoms with Gasteiger partial charge in [0.25, 0.3) is 0 Å². The van der Waals surface area contributed by atoms with Crippen molar-refractivity contribution < 1.29 is 9.84 Å². The topological polar surface area (TPSA) is 29.5 Å². The Kier molecular flexibility index (Phi) is 5.69. The first-order valence-electron chi connectivity index (χ1n) is 8.32. The molecule has 0 aliphatic heterocycles. The maximum atomic E-state index is 10.6. The minimum absolute atomic E-state index is 0.242. The van der Waals surface area contributed by atoms with Crippen LogP contribution in [0.1, 0.15) is 50.7 Å². The second kappa shape index (κ2) is 7.31. The van der Waals surface area contributed by atoms with Gasteiger partial charge in [-0.05, 0) is 62.0 Å². The molecule has 21 heavy (non-hydrogen) atoms. The summed E-state index contributed by atoms with van der Waals surface area (Å²) in [7, 11) is 1.70. The Hall–Kier alpha value is -1.02. The fourth-order valence-electron chi connectivity index (χ4n) is 3.66. The molecule has 1 atom stereocenters. The highest BCUT2D eigenvalue weighted by molar-refractivity contribution is 5.37. The molecule has 0 aromatic heterocycles. The van der Waals surface area contributed by atoms with E-state index in [1.54, 1.807) is 7.11 Å². The lowest BCUT2D eigenvalue weighted by molar-refractivity contribution is 0.0670. The van der Waals surface area contributed by atoms with Crippen molar-refractivity contribution in [1.82, 2.24) is 0 Å². The van der Waals surface area contributed by atoms with Gasteiger partial charge in [-0.25, -0.2) is 0 Å². The molecule has 1 fully saturated rings. The van der Waals surface area contributed by atoms with Crippen LogP contribution in [0.5, 0.6) is 5.75 Å². The van der Waals surface area contributed by atoms with Crippen LogP contribution >= 0.6 is 0 Å². The van der Waals surface area contributed by atoms with Gasteiger partial charge in [-0.3, -0.25) is 0 Å². The molecule has 1 N–H and O–H groups in total. The Morgan fingerprint density at radius 1 is 1.14 bits per heavy atom. The van der Waals surface area contributed by atoms with E-state index in [9.17, 15) is 5.11 Å². The number of hydrogen-bond donors (Lipinski definition) is 1. The number of benzene rings is 1. The molecule has 1 aliphatic carbocycles. The van der Waals surface area contributed by atoms with Crippen molar-refractivity contribution in [2.45, 2.75) is 59.0 Å². The van der Waals surface area contributed by atoms with Gasteiger partial charge in [0.2, 0.25) is 0 Å². The monoisotopic (exact) mass is 290 g/mol. The smallest absolute Gasteiger partial charge is 0.122 e. The van der Waals surface area contributed by atoms with E-state index in [2.05, 4.69) is 32.9 Å². The van der Waals surface area contributed by atoms with Gasteiger partial charge in [-0.1, -0.05) is 31.5 Å². The molecule has 0 spiro atoms. The third-order valence-electron chi connectivity index (χ3n) is 5.17. The predicted molar refractivity (Wildman–Crippen MR) is 87.7 cm³/mol. The van der Waals surface area contributed by atoms with Crippen molar-refractivity contribution in [2.24, 2.45) is 17.8 Å². The highest BCUT2D eigenvalue weighted by Crippen LogP contribution is 2.36. The van der Waals surface area contributed by atoms with Crippen molar-refractivity contribution in [2.75, 3.05) is 7.11 Å². The van der Waals surface area contributed by atoms with E-state index in [0.717, 1.165) is 36.0 Å². The van der Waals surface area contributed by atoms with Gasteiger partial charge in [0.1, 0.15) is 5.75 Å². The van der Waals surface area contributed by atoms with Crippen LogP contribution in [-0.2, 0) is 6.42 Å². The first kappa shape index (κ1) is 16.4. The summed E-state index contributed by atoms with van der Waals surface area (Å²) in [6, 6.07) is 6.21. The second-order valence-electron chi connectivity index (χ2n) is 7.01. The highest BCUT2D eigenvalue weighted by atomic mass is 16.5. The molecule has 1 aliphatic rings. The van der Waals surface area contributed by atoms with Crippen LogP contribution in [0.3, 0.4) is 0 Å². The Labute approximate surface area is 129 Å². The summed E-state index contributed by atoms with van der Waals surface area (Å²) in [5.74, 6) is 2.97. The van der Waals surface area contributed by atoms with Crippen LogP contribution < -0.4 is 4.74 Å². The highest BCUT2D eigenvalue weighted by Gasteiger charge is 2.28. The van der Waals surface area contributed by atoms with Crippen molar-refractivity contribution >= 4 is 0 Å². The normalized spacial score (nSPS) is 24.1. The van der Waals surface area contributed by atoms with Gasteiger partial charge in [0.05, 0.1) is 13.2 Å². The van der Waals surface area contributed by atoms with Crippen LogP contribution in [0.4, 0.5) is 0 Å². The average Bonchev–Trinajstić information content (AvgIpc) is 2.47.